The fourth-order valence-electron chi connectivity index (χ4n) is 4.68. The van der Waals surface area contributed by atoms with E-state index >= 15 is 0 Å². The Morgan fingerprint density at radius 3 is 2.35 bits per heavy atom. The number of amides is 2. The van der Waals surface area contributed by atoms with E-state index in [0.717, 1.165) is 42.9 Å². The molecule has 1 saturated carbocycles. The molecule has 1 unspecified atom stereocenters. The summed E-state index contributed by atoms with van der Waals surface area (Å²) in [4.78, 5) is 28.0. The maximum Gasteiger partial charge on any atom is 0.230 e. The number of hydrogen-bond acceptors (Lipinski definition) is 3. The van der Waals surface area contributed by atoms with Gasteiger partial charge in [0.05, 0.1) is 5.41 Å². The first-order chi connectivity index (χ1) is 14.9. The normalized spacial score (nSPS) is 17.8. The van der Waals surface area contributed by atoms with Crippen LogP contribution in [0.3, 0.4) is 0 Å². The van der Waals surface area contributed by atoms with Crippen LogP contribution in [0.2, 0.25) is 0 Å². The van der Waals surface area contributed by atoms with Crippen molar-refractivity contribution in [2.24, 2.45) is 0 Å². The maximum atomic E-state index is 13.0. The van der Waals surface area contributed by atoms with Crippen LogP contribution in [0.25, 0.3) is 0 Å². The van der Waals surface area contributed by atoms with Crippen LogP contribution in [0.5, 0.6) is 0 Å². The Morgan fingerprint density at radius 2 is 1.71 bits per heavy atom. The van der Waals surface area contributed by atoms with Gasteiger partial charge in [0.2, 0.25) is 11.8 Å². The Hall–Kier alpha value is -2.82. The van der Waals surface area contributed by atoms with Crippen molar-refractivity contribution in [3.8, 4) is 0 Å². The van der Waals surface area contributed by atoms with Crippen molar-refractivity contribution in [2.45, 2.75) is 64.3 Å². The Bertz CT molecular complexity index is 954. The third kappa shape index (κ3) is 4.92. The monoisotopic (exact) mass is 419 g/mol. The first kappa shape index (κ1) is 21.4. The van der Waals surface area contributed by atoms with Crippen LogP contribution >= 0.6 is 0 Å². The molecule has 2 N–H and O–H groups in total. The molecule has 31 heavy (non-hydrogen) atoms. The molecular formula is C26H33N3O2. The molecule has 5 nitrogen and oxygen atoms in total. The van der Waals surface area contributed by atoms with Crippen molar-refractivity contribution in [2.75, 3.05) is 23.3 Å². The van der Waals surface area contributed by atoms with Crippen molar-refractivity contribution >= 4 is 23.2 Å². The number of nitrogens with zero attached hydrogens (tertiary/aromatic N) is 1. The summed E-state index contributed by atoms with van der Waals surface area (Å²) >= 11 is 0. The van der Waals surface area contributed by atoms with Crippen LogP contribution in [-0.4, -0.2) is 30.9 Å². The van der Waals surface area contributed by atoms with Crippen molar-refractivity contribution in [1.82, 2.24) is 5.32 Å². The summed E-state index contributed by atoms with van der Waals surface area (Å²) in [5.74, 6) is -0.0450. The van der Waals surface area contributed by atoms with Gasteiger partial charge in [-0.15, -0.1) is 0 Å². The lowest BCUT2D eigenvalue weighted by Gasteiger charge is -2.21. The van der Waals surface area contributed by atoms with Gasteiger partial charge < -0.3 is 15.5 Å². The fraction of sp³-hybridized carbons (Fsp3) is 0.462. The van der Waals surface area contributed by atoms with Gasteiger partial charge in [-0.3, -0.25) is 9.59 Å². The van der Waals surface area contributed by atoms with Gasteiger partial charge in [-0.25, -0.2) is 0 Å². The predicted molar refractivity (Wildman–Crippen MR) is 126 cm³/mol. The van der Waals surface area contributed by atoms with E-state index in [-0.39, 0.29) is 24.3 Å². The second kappa shape index (κ2) is 8.74. The largest absolute Gasteiger partial charge is 0.371 e. The minimum Gasteiger partial charge on any atom is -0.371 e. The molecule has 1 heterocycles. The van der Waals surface area contributed by atoms with Gasteiger partial charge in [-0.05, 0) is 70.2 Å². The predicted octanol–water partition coefficient (Wildman–Crippen LogP) is 4.47. The molecule has 2 aromatic rings. The molecule has 0 radical (unpaired) electrons. The summed E-state index contributed by atoms with van der Waals surface area (Å²) in [6.45, 7) is 8.17. The number of hydrogen-bond donors (Lipinski definition) is 2. The van der Waals surface area contributed by atoms with Crippen molar-refractivity contribution in [1.29, 1.82) is 0 Å². The second-order valence-corrected chi connectivity index (χ2v) is 9.33. The lowest BCUT2D eigenvalue weighted by atomic mass is 9.91. The van der Waals surface area contributed by atoms with Crippen LogP contribution in [-0.2, 0) is 15.0 Å². The van der Waals surface area contributed by atoms with Gasteiger partial charge in [0.15, 0.2) is 0 Å². The second-order valence-electron chi connectivity index (χ2n) is 9.33. The summed E-state index contributed by atoms with van der Waals surface area (Å²) < 4.78 is 0. The molecule has 1 atom stereocenters. The van der Waals surface area contributed by atoms with Gasteiger partial charge in [-0.2, -0.15) is 0 Å². The zero-order valence-corrected chi connectivity index (χ0v) is 18.8. The highest BCUT2D eigenvalue weighted by Crippen LogP contribution is 2.49. The zero-order valence-electron chi connectivity index (χ0n) is 18.8. The number of benzene rings is 2. The first-order valence-corrected chi connectivity index (χ1v) is 11.4. The van der Waals surface area contributed by atoms with Gasteiger partial charge >= 0.3 is 0 Å². The Morgan fingerprint density at radius 1 is 1.03 bits per heavy atom. The average molecular weight is 420 g/mol. The van der Waals surface area contributed by atoms with E-state index in [9.17, 15) is 9.59 Å². The quantitative estimate of drug-likeness (QED) is 0.696. The third-order valence-corrected chi connectivity index (χ3v) is 6.43. The number of carbonyl (C=O) groups is 2. The molecule has 1 aliphatic carbocycles. The van der Waals surface area contributed by atoms with Gasteiger partial charge in [0.25, 0.3) is 0 Å². The molecule has 0 spiro atoms. The highest BCUT2D eigenvalue weighted by Gasteiger charge is 2.51. The molecule has 2 aliphatic rings. The lowest BCUT2D eigenvalue weighted by Crippen LogP contribution is -2.41. The van der Waals surface area contributed by atoms with E-state index in [0.29, 0.717) is 0 Å². The molecule has 2 aromatic carbocycles. The van der Waals surface area contributed by atoms with Crippen LogP contribution < -0.4 is 15.5 Å². The van der Waals surface area contributed by atoms with Gasteiger partial charge in [-0.1, -0.05) is 35.4 Å². The van der Waals surface area contributed by atoms with Crippen molar-refractivity contribution < 1.29 is 9.59 Å². The topological polar surface area (TPSA) is 61.4 Å². The summed E-state index contributed by atoms with van der Waals surface area (Å²) in [7, 11) is 0. The molecule has 5 heteroatoms. The lowest BCUT2D eigenvalue weighted by molar-refractivity contribution is -0.124. The van der Waals surface area contributed by atoms with E-state index < -0.39 is 5.41 Å². The minimum absolute atomic E-state index is 0.0360. The molecule has 164 valence electrons. The van der Waals surface area contributed by atoms with Crippen LogP contribution in [0, 0.1) is 13.8 Å². The average Bonchev–Trinajstić information content (AvgIpc) is 3.34. The number of nitrogens with one attached hydrogen (secondary N) is 2. The third-order valence-electron chi connectivity index (χ3n) is 6.43. The van der Waals surface area contributed by atoms with Crippen LogP contribution in [0.1, 0.15) is 55.7 Å². The number of anilines is 2. The molecule has 1 saturated heterocycles. The molecule has 4 rings (SSSR count). The zero-order chi connectivity index (χ0) is 22.0. The van der Waals surface area contributed by atoms with Gasteiger partial charge in [0, 0.05) is 36.9 Å². The SMILES string of the molecule is Cc1cc(C)cc(C2(C(=O)NC(C)CC(=O)Nc3cccc(N4CCCC4)c3)CC2)c1. The first-order valence-electron chi connectivity index (χ1n) is 11.4. The van der Waals surface area contributed by atoms with Crippen molar-refractivity contribution in [3.63, 3.8) is 0 Å². The highest BCUT2D eigenvalue weighted by molar-refractivity contribution is 5.94. The van der Waals surface area contributed by atoms with E-state index in [4.69, 9.17) is 0 Å². The molecule has 2 fully saturated rings. The van der Waals surface area contributed by atoms with E-state index in [2.05, 4.69) is 53.6 Å². The number of aryl methyl sites for hydroxylation is 2. The molecule has 0 bridgehead atoms. The highest BCUT2D eigenvalue weighted by atomic mass is 16.2. The van der Waals surface area contributed by atoms with E-state index in [1.165, 1.54) is 24.0 Å². The van der Waals surface area contributed by atoms with Crippen LogP contribution in [0.4, 0.5) is 11.4 Å². The number of carbonyl (C=O) groups excluding carboxylic acids is 2. The molecular weight excluding hydrogens is 386 g/mol. The maximum absolute atomic E-state index is 13.0. The van der Waals surface area contributed by atoms with Crippen molar-refractivity contribution in [3.05, 3.63) is 59.2 Å². The Kier molecular flexibility index (Phi) is 6.03. The molecule has 2 amide bonds. The minimum atomic E-state index is -0.425. The molecule has 1 aliphatic heterocycles. The Labute approximate surface area is 185 Å². The fourth-order valence-corrected chi connectivity index (χ4v) is 4.68. The summed E-state index contributed by atoms with van der Waals surface area (Å²) in [5.41, 5.74) is 4.99. The molecule has 0 aromatic heterocycles. The summed E-state index contributed by atoms with van der Waals surface area (Å²) in [6.07, 6.45) is 4.42. The Balaban J connectivity index is 1.33. The van der Waals surface area contributed by atoms with Gasteiger partial charge in [0.1, 0.15) is 0 Å². The number of rotatable bonds is 7. The smallest absolute Gasteiger partial charge is 0.230 e. The standard InChI is InChI=1S/C26H33N3O2/c1-18-13-19(2)15-21(14-18)26(9-10-26)25(31)27-20(3)16-24(30)28-22-7-6-8-23(17-22)29-11-4-5-12-29/h6-8,13-15,17,20H,4-5,9-12,16H2,1-3H3,(H,27,31)(H,28,30). The van der Waals surface area contributed by atoms with E-state index in [1.807, 2.05) is 25.1 Å². The summed E-state index contributed by atoms with van der Waals surface area (Å²) in [5, 5.41) is 6.08. The van der Waals surface area contributed by atoms with E-state index in [1.54, 1.807) is 0 Å². The van der Waals surface area contributed by atoms with Crippen LogP contribution in [0.15, 0.2) is 42.5 Å². The summed E-state index contributed by atoms with van der Waals surface area (Å²) in [6, 6.07) is 14.2.